The Hall–Kier alpha value is 0.117. The van der Waals surface area contributed by atoms with Crippen molar-refractivity contribution in [2.45, 2.75) is 130 Å². The van der Waals surface area contributed by atoms with Gasteiger partial charge < -0.3 is 13.3 Å². The average molecular weight is 477 g/mol. The van der Waals surface area contributed by atoms with E-state index in [0.29, 0.717) is 31.4 Å². The van der Waals surface area contributed by atoms with Crippen LogP contribution in [0.25, 0.3) is 0 Å². The number of hydrogen-bond donors (Lipinski definition) is 0. The first kappa shape index (κ1) is 31.1. The fourth-order valence-electron chi connectivity index (χ4n) is 3.84. The smallest absolute Gasteiger partial charge is 0.374 e. The Morgan fingerprint density at radius 3 is 1.45 bits per heavy atom. The number of rotatable bonds is 24. The number of thioether (sulfide) groups is 1. The molecule has 0 aromatic rings. The predicted octanol–water partition coefficient (Wildman–Crippen LogP) is 8.17. The van der Waals surface area contributed by atoms with Crippen molar-refractivity contribution in [3.05, 3.63) is 0 Å². The van der Waals surface area contributed by atoms with Gasteiger partial charge in [0.2, 0.25) is 0 Å². The van der Waals surface area contributed by atoms with E-state index >= 15 is 0 Å². The van der Waals surface area contributed by atoms with E-state index in [0.717, 1.165) is 24.6 Å². The minimum atomic E-state index is -2.55. The maximum Gasteiger partial charge on any atom is 0.500 e. The average Bonchev–Trinajstić information content (AvgIpc) is 2.75. The summed E-state index contributed by atoms with van der Waals surface area (Å²) >= 11 is 1.47. The first-order valence-corrected chi connectivity index (χ1v) is 16.1. The third-order valence-corrected chi connectivity index (χ3v) is 9.64. The van der Waals surface area contributed by atoms with E-state index in [9.17, 15) is 4.79 Å². The van der Waals surface area contributed by atoms with Crippen molar-refractivity contribution in [1.29, 1.82) is 0 Å². The molecule has 0 unspecified atom stereocenters. The first-order valence-electron chi connectivity index (χ1n) is 13.2. The quantitative estimate of drug-likeness (QED) is 0.104. The van der Waals surface area contributed by atoms with E-state index in [4.69, 9.17) is 13.3 Å². The molecule has 0 aliphatic heterocycles. The third-order valence-electron chi connectivity index (χ3n) is 5.47. The van der Waals surface area contributed by atoms with Gasteiger partial charge in [0.05, 0.1) is 0 Å². The van der Waals surface area contributed by atoms with Gasteiger partial charge in [0.25, 0.3) is 0 Å². The molecule has 0 amide bonds. The molecular formula is C25H52O4SSi. The molecule has 0 saturated carbocycles. The number of unbranched alkanes of at least 4 members (excludes halogenated alkanes) is 12. The molecule has 0 fully saturated rings. The largest absolute Gasteiger partial charge is 0.500 e. The number of hydrogen-bond acceptors (Lipinski definition) is 5. The monoisotopic (exact) mass is 476 g/mol. The number of carbonyl (C=O) groups excluding carboxylic acids is 1. The Labute approximate surface area is 199 Å². The molecule has 0 aliphatic rings. The van der Waals surface area contributed by atoms with Crippen LogP contribution in [0.3, 0.4) is 0 Å². The summed E-state index contributed by atoms with van der Waals surface area (Å²) in [5, 5.41) is 0.333. The summed E-state index contributed by atoms with van der Waals surface area (Å²) in [6.45, 7) is 10.0. The highest BCUT2D eigenvalue weighted by atomic mass is 32.2. The second-order valence-electron chi connectivity index (χ2n) is 8.30. The van der Waals surface area contributed by atoms with Crippen molar-refractivity contribution < 1.29 is 18.1 Å². The van der Waals surface area contributed by atoms with Crippen LogP contribution in [0.15, 0.2) is 0 Å². The second kappa shape index (κ2) is 23.3. The third kappa shape index (κ3) is 19.3. The summed E-state index contributed by atoms with van der Waals surface area (Å²) < 4.78 is 17.6. The van der Waals surface area contributed by atoms with Crippen molar-refractivity contribution in [3.63, 3.8) is 0 Å². The Balaban J connectivity index is 3.59. The van der Waals surface area contributed by atoms with Crippen LogP contribution in [0, 0.1) is 0 Å². The van der Waals surface area contributed by atoms with Gasteiger partial charge in [0.15, 0.2) is 5.12 Å². The lowest BCUT2D eigenvalue weighted by atomic mass is 10.0. The molecule has 0 atom stereocenters. The first-order chi connectivity index (χ1) is 15.1. The molecule has 0 aliphatic carbocycles. The van der Waals surface area contributed by atoms with Gasteiger partial charge in [-0.2, -0.15) is 0 Å². The van der Waals surface area contributed by atoms with Crippen molar-refractivity contribution in [3.8, 4) is 0 Å². The molecule has 0 saturated heterocycles. The second-order valence-corrected chi connectivity index (χ2v) is 12.2. The topological polar surface area (TPSA) is 44.8 Å². The Kier molecular flexibility index (Phi) is 23.4. The van der Waals surface area contributed by atoms with Crippen LogP contribution in [-0.4, -0.2) is 39.5 Å². The zero-order valence-electron chi connectivity index (χ0n) is 21.2. The van der Waals surface area contributed by atoms with Crippen molar-refractivity contribution in [1.82, 2.24) is 0 Å². The summed E-state index contributed by atoms with van der Waals surface area (Å²) in [6.07, 6.45) is 19.0. The maximum atomic E-state index is 12.1. The molecule has 0 radical (unpaired) electrons. The highest BCUT2D eigenvalue weighted by Crippen LogP contribution is 2.21. The van der Waals surface area contributed by atoms with Gasteiger partial charge in [0.1, 0.15) is 0 Å². The normalized spacial score (nSPS) is 11.9. The molecule has 0 aromatic carbocycles. The van der Waals surface area contributed by atoms with E-state index in [1.54, 1.807) is 0 Å². The summed E-state index contributed by atoms with van der Waals surface area (Å²) in [4.78, 5) is 12.1. The van der Waals surface area contributed by atoms with E-state index < -0.39 is 8.80 Å². The fourth-order valence-corrected chi connectivity index (χ4v) is 7.51. The molecule has 0 bridgehead atoms. The van der Waals surface area contributed by atoms with Crippen LogP contribution < -0.4 is 0 Å². The molecule has 31 heavy (non-hydrogen) atoms. The zero-order chi connectivity index (χ0) is 23.0. The van der Waals surface area contributed by atoms with Crippen LogP contribution in [-0.2, 0) is 18.1 Å². The molecule has 0 spiro atoms. The van der Waals surface area contributed by atoms with Gasteiger partial charge in [-0.05, 0) is 33.6 Å². The Morgan fingerprint density at radius 1 is 0.613 bits per heavy atom. The Bertz CT molecular complexity index is 379. The Morgan fingerprint density at radius 2 is 1.03 bits per heavy atom. The maximum absolute atomic E-state index is 12.1. The lowest BCUT2D eigenvalue weighted by Gasteiger charge is -2.28. The fraction of sp³-hybridized carbons (Fsp3) is 0.960. The summed E-state index contributed by atoms with van der Waals surface area (Å²) in [5.41, 5.74) is 0. The molecular weight excluding hydrogens is 424 g/mol. The predicted molar refractivity (Wildman–Crippen MR) is 138 cm³/mol. The van der Waals surface area contributed by atoms with Gasteiger partial charge in [-0.3, -0.25) is 4.79 Å². The van der Waals surface area contributed by atoms with Crippen molar-refractivity contribution >= 4 is 25.7 Å². The molecule has 6 heteroatoms. The summed E-state index contributed by atoms with van der Waals surface area (Å²) in [6, 6.07) is 0.793. The van der Waals surface area contributed by atoms with E-state index in [1.807, 2.05) is 20.8 Å². The highest BCUT2D eigenvalue weighted by molar-refractivity contribution is 8.13. The van der Waals surface area contributed by atoms with Crippen molar-refractivity contribution in [2.24, 2.45) is 0 Å². The molecule has 0 rings (SSSR count). The minimum absolute atomic E-state index is 0.333. The van der Waals surface area contributed by atoms with Gasteiger partial charge in [-0.15, -0.1) is 0 Å². The van der Waals surface area contributed by atoms with Crippen molar-refractivity contribution in [2.75, 3.05) is 25.6 Å². The standard InChI is InChI=1S/C25H52O4SSi/c1-5-9-10-11-12-13-14-15-16-17-18-19-20-22-25(26)30-23-21-24-31(27-6-2,28-7-3)29-8-4/h5-24H2,1-4H3. The van der Waals surface area contributed by atoms with Gasteiger partial charge in [-0.25, -0.2) is 0 Å². The van der Waals surface area contributed by atoms with Gasteiger partial charge in [0, 0.05) is 38.0 Å². The van der Waals surface area contributed by atoms with E-state index in [1.165, 1.54) is 88.8 Å². The lowest BCUT2D eigenvalue weighted by Crippen LogP contribution is -2.46. The molecule has 186 valence electrons. The molecule has 4 nitrogen and oxygen atoms in total. The van der Waals surface area contributed by atoms with Crippen LogP contribution in [0.2, 0.25) is 6.04 Å². The lowest BCUT2D eigenvalue weighted by molar-refractivity contribution is -0.111. The zero-order valence-corrected chi connectivity index (χ0v) is 23.0. The van der Waals surface area contributed by atoms with E-state index in [2.05, 4.69) is 6.92 Å². The SMILES string of the molecule is CCCCCCCCCCCCCCCC(=O)SCCC[Si](OCC)(OCC)OCC. The molecule has 0 N–H and O–H groups in total. The van der Waals surface area contributed by atoms with Gasteiger partial charge in [-0.1, -0.05) is 95.7 Å². The van der Waals surface area contributed by atoms with Crippen LogP contribution in [0.5, 0.6) is 0 Å². The number of carbonyl (C=O) groups is 1. The van der Waals surface area contributed by atoms with Crippen LogP contribution in [0.1, 0.15) is 124 Å². The van der Waals surface area contributed by atoms with Crippen LogP contribution >= 0.6 is 11.8 Å². The highest BCUT2D eigenvalue weighted by Gasteiger charge is 2.39. The van der Waals surface area contributed by atoms with E-state index in [-0.39, 0.29) is 0 Å². The summed E-state index contributed by atoms with van der Waals surface area (Å²) in [5.74, 6) is 0.833. The summed E-state index contributed by atoms with van der Waals surface area (Å²) in [7, 11) is -2.55. The molecule has 0 aromatic heterocycles. The van der Waals surface area contributed by atoms with Crippen LogP contribution in [0.4, 0.5) is 0 Å². The van der Waals surface area contributed by atoms with Gasteiger partial charge >= 0.3 is 8.80 Å². The molecule has 0 heterocycles. The minimum Gasteiger partial charge on any atom is -0.374 e.